The number of ether oxygens (including phenoxy) is 1. The molecule has 4 nitrogen and oxygen atoms in total. The van der Waals surface area contributed by atoms with E-state index in [9.17, 15) is 4.79 Å². The van der Waals surface area contributed by atoms with Crippen LogP contribution in [0.4, 0.5) is 5.69 Å². The smallest absolute Gasteiger partial charge is 0.262 e. The number of para-hydroxylation sites is 1. The van der Waals surface area contributed by atoms with E-state index in [1.807, 2.05) is 66.7 Å². The molecular formula is C30H32N2O2S. The van der Waals surface area contributed by atoms with E-state index >= 15 is 0 Å². The quantitative estimate of drug-likeness (QED) is 0.361. The van der Waals surface area contributed by atoms with Crippen molar-refractivity contribution in [1.29, 1.82) is 0 Å². The summed E-state index contributed by atoms with van der Waals surface area (Å²) in [5.74, 6) is 1.46. The molecule has 1 saturated heterocycles. The minimum atomic E-state index is -0.102. The molecule has 1 N–H and O–H groups in total. The molecule has 1 aliphatic carbocycles. The van der Waals surface area contributed by atoms with Crippen molar-refractivity contribution in [1.82, 2.24) is 4.90 Å². The Morgan fingerprint density at radius 2 is 1.63 bits per heavy atom. The highest BCUT2D eigenvalue weighted by molar-refractivity contribution is 8.05. The maximum atomic E-state index is 13.7. The molecule has 0 bridgehead atoms. The van der Waals surface area contributed by atoms with Gasteiger partial charge in [0, 0.05) is 11.7 Å². The van der Waals surface area contributed by atoms with E-state index in [0.717, 1.165) is 33.9 Å². The molecule has 0 aromatic heterocycles. The number of hydrogen-bond acceptors (Lipinski definition) is 4. The number of benzene rings is 3. The molecule has 180 valence electrons. The molecular weight excluding hydrogens is 452 g/mol. The van der Waals surface area contributed by atoms with Crippen molar-refractivity contribution in [3.05, 3.63) is 101 Å². The van der Waals surface area contributed by atoms with Gasteiger partial charge in [-0.05, 0) is 60.2 Å². The maximum Gasteiger partial charge on any atom is 0.262 e. The van der Waals surface area contributed by atoms with Crippen LogP contribution in [0.15, 0.2) is 89.8 Å². The van der Waals surface area contributed by atoms with E-state index in [4.69, 9.17) is 4.74 Å². The lowest BCUT2D eigenvalue weighted by molar-refractivity contribution is -0.129. The summed E-state index contributed by atoms with van der Waals surface area (Å²) < 4.78 is 5.92. The maximum absolute atomic E-state index is 13.7. The fourth-order valence-corrected chi connectivity index (χ4v) is 6.13. The average molecular weight is 485 g/mol. The van der Waals surface area contributed by atoms with Crippen LogP contribution in [-0.4, -0.2) is 22.3 Å². The van der Waals surface area contributed by atoms with Gasteiger partial charge >= 0.3 is 0 Å². The van der Waals surface area contributed by atoms with Gasteiger partial charge in [0.05, 0.1) is 4.91 Å². The highest BCUT2D eigenvalue weighted by atomic mass is 32.2. The summed E-state index contributed by atoms with van der Waals surface area (Å²) in [5, 5.41) is 3.60. The minimum Gasteiger partial charge on any atom is -0.489 e. The molecule has 3 aromatic rings. The average Bonchev–Trinajstić information content (AvgIpc) is 3.19. The Morgan fingerprint density at radius 1 is 0.943 bits per heavy atom. The summed E-state index contributed by atoms with van der Waals surface area (Å²) in [7, 11) is 0. The number of nitrogens with zero attached hydrogens (tertiary/aromatic N) is 1. The summed E-state index contributed by atoms with van der Waals surface area (Å²) in [6, 6.07) is 28.6. The Hall–Kier alpha value is -3.18. The van der Waals surface area contributed by atoms with Gasteiger partial charge in [0.15, 0.2) is 5.50 Å². The number of anilines is 1. The predicted molar refractivity (Wildman–Crippen MR) is 145 cm³/mol. The number of thioether (sulfide) groups is 1. The van der Waals surface area contributed by atoms with Crippen molar-refractivity contribution in [2.45, 2.75) is 50.8 Å². The van der Waals surface area contributed by atoms with E-state index < -0.39 is 0 Å². The third-order valence-corrected chi connectivity index (χ3v) is 7.96. The molecule has 3 aromatic carbocycles. The van der Waals surface area contributed by atoms with Gasteiger partial charge in [-0.2, -0.15) is 0 Å². The van der Waals surface area contributed by atoms with Gasteiger partial charge in [-0.25, -0.2) is 0 Å². The van der Waals surface area contributed by atoms with Gasteiger partial charge in [0.25, 0.3) is 5.91 Å². The first-order valence-electron chi connectivity index (χ1n) is 12.5. The third-order valence-electron chi connectivity index (χ3n) is 6.85. The van der Waals surface area contributed by atoms with E-state index in [-0.39, 0.29) is 17.4 Å². The monoisotopic (exact) mass is 484 g/mol. The Bertz CT molecular complexity index is 1150. The lowest BCUT2D eigenvalue weighted by atomic mass is 9.85. The van der Waals surface area contributed by atoms with Crippen molar-refractivity contribution in [3.8, 4) is 5.75 Å². The van der Waals surface area contributed by atoms with Crippen molar-refractivity contribution in [2.75, 3.05) is 5.32 Å². The zero-order valence-corrected chi connectivity index (χ0v) is 20.9. The molecule has 0 spiro atoms. The second-order valence-corrected chi connectivity index (χ2v) is 10.5. The van der Waals surface area contributed by atoms with Gasteiger partial charge < -0.3 is 15.0 Å². The van der Waals surface area contributed by atoms with Crippen LogP contribution in [0.3, 0.4) is 0 Å². The SMILES string of the molecule is C[C@@H]1CCCC[C@H]1N1C(=O)/C(=C/c2ccc(OCc3ccccc3)cc2)SC1Nc1ccccc1. The summed E-state index contributed by atoms with van der Waals surface area (Å²) in [6.07, 6.45) is 6.71. The van der Waals surface area contributed by atoms with Crippen LogP contribution >= 0.6 is 11.8 Å². The number of nitrogens with one attached hydrogen (secondary N) is 1. The van der Waals surface area contributed by atoms with Crippen molar-refractivity contribution in [2.24, 2.45) is 5.92 Å². The van der Waals surface area contributed by atoms with Crippen molar-refractivity contribution >= 4 is 29.4 Å². The fourth-order valence-electron chi connectivity index (χ4n) is 4.92. The molecule has 1 amide bonds. The Balaban J connectivity index is 1.32. The summed E-state index contributed by atoms with van der Waals surface area (Å²) in [5.41, 5.74) is 3.08. The predicted octanol–water partition coefficient (Wildman–Crippen LogP) is 7.16. The third kappa shape index (κ3) is 5.73. The van der Waals surface area contributed by atoms with Gasteiger partial charge in [-0.1, -0.05) is 92.2 Å². The van der Waals surface area contributed by atoms with Crippen LogP contribution < -0.4 is 10.1 Å². The molecule has 35 heavy (non-hydrogen) atoms. The lowest BCUT2D eigenvalue weighted by Crippen LogP contribution is -2.48. The van der Waals surface area contributed by atoms with Crippen LogP contribution in [0.5, 0.6) is 5.75 Å². The van der Waals surface area contributed by atoms with E-state index in [1.165, 1.54) is 19.3 Å². The highest BCUT2D eigenvalue weighted by Gasteiger charge is 2.42. The first-order valence-corrected chi connectivity index (χ1v) is 13.3. The lowest BCUT2D eigenvalue weighted by Gasteiger charge is -2.39. The van der Waals surface area contributed by atoms with Gasteiger partial charge in [0.2, 0.25) is 0 Å². The van der Waals surface area contributed by atoms with E-state index in [2.05, 4.69) is 41.4 Å². The van der Waals surface area contributed by atoms with Crippen LogP contribution in [0, 0.1) is 5.92 Å². The van der Waals surface area contributed by atoms with Crippen LogP contribution in [0.1, 0.15) is 43.7 Å². The molecule has 2 fully saturated rings. The molecule has 5 rings (SSSR count). The zero-order chi connectivity index (χ0) is 24.0. The number of hydrogen-bond donors (Lipinski definition) is 1. The molecule has 2 aliphatic rings. The second-order valence-electron chi connectivity index (χ2n) is 9.37. The van der Waals surface area contributed by atoms with E-state index in [1.54, 1.807) is 11.8 Å². The molecule has 1 saturated carbocycles. The number of amides is 1. The Kier molecular flexibility index (Phi) is 7.43. The van der Waals surface area contributed by atoms with Gasteiger partial charge in [-0.15, -0.1) is 0 Å². The van der Waals surface area contributed by atoms with Crippen molar-refractivity contribution in [3.63, 3.8) is 0 Å². The fraction of sp³-hybridized carbons (Fsp3) is 0.300. The first-order chi connectivity index (χ1) is 17.2. The van der Waals surface area contributed by atoms with E-state index in [0.29, 0.717) is 12.5 Å². The largest absolute Gasteiger partial charge is 0.489 e. The van der Waals surface area contributed by atoms with Gasteiger partial charge in [0.1, 0.15) is 12.4 Å². The molecule has 1 unspecified atom stereocenters. The first kappa shape index (κ1) is 23.6. The topological polar surface area (TPSA) is 41.6 Å². The zero-order valence-electron chi connectivity index (χ0n) is 20.1. The van der Waals surface area contributed by atoms with Crippen LogP contribution in [0.2, 0.25) is 0 Å². The second kappa shape index (κ2) is 11.0. The number of carbonyl (C=O) groups excluding carboxylic acids is 1. The molecule has 1 aliphatic heterocycles. The van der Waals surface area contributed by atoms with Crippen LogP contribution in [-0.2, 0) is 11.4 Å². The molecule has 3 atom stereocenters. The molecule has 0 radical (unpaired) electrons. The van der Waals surface area contributed by atoms with Crippen molar-refractivity contribution < 1.29 is 9.53 Å². The molecule has 1 heterocycles. The molecule has 5 heteroatoms. The number of carbonyl (C=O) groups is 1. The summed E-state index contributed by atoms with van der Waals surface area (Å²) in [4.78, 5) is 16.5. The standard InChI is InChI=1S/C30H32N2O2S/c1-22-10-8-9-15-27(22)32-29(33)28(35-30(32)31-25-13-6-3-7-14-25)20-23-16-18-26(19-17-23)34-21-24-11-4-2-5-12-24/h2-7,11-14,16-20,22,27,30-31H,8-10,15,21H2,1H3/b28-20-/t22-,27-,30?/m1/s1. The number of rotatable bonds is 7. The summed E-state index contributed by atoms with van der Waals surface area (Å²) >= 11 is 1.62. The Morgan fingerprint density at radius 3 is 2.34 bits per heavy atom. The normalized spacial score (nSPS) is 23.5. The Labute approximate surface area is 212 Å². The minimum absolute atomic E-state index is 0.102. The van der Waals surface area contributed by atoms with Gasteiger partial charge in [-0.3, -0.25) is 4.79 Å². The van der Waals surface area contributed by atoms with Crippen LogP contribution in [0.25, 0.3) is 6.08 Å². The highest BCUT2D eigenvalue weighted by Crippen LogP contribution is 2.42. The summed E-state index contributed by atoms with van der Waals surface area (Å²) in [6.45, 7) is 2.83.